The normalized spacial score (nSPS) is 11.4. The summed E-state index contributed by atoms with van der Waals surface area (Å²) in [5.74, 6) is -0.839. The van der Waals surface area contributed by atoms with Crippen LogP contribution >= 0.6 is 11.6 Å². The molecule has 1 aromatic heterocycles. The summed E-state index contributed by atoms with van der Waals surface area (Å²) in [5.41, 5.74) is -0.569. The minimum atomic E-state index is -1.08. The van der Waals surface area contributed by atoms with E-state index in [0.717, 1.165) is 0 Å². The van der Waals surface area contributed by atoms with Gasteiger partial charge in [0.2, 0.25) is 0 Å². The number of carboxylic acids is 1. The van der Waals surface area contributed by atoms with Gasteiger partial charge in [-0.2, -0.15) is 0 Å². The number of carboxylic acid groups (broad SMARTS) is 1. The zero-order valence-corrected chi connectivity index (χ0v) is 10.7. The smallest absolute Gasteiger partial charge is 0.339 e. The summed E-state index contributed by atoms with van der Waals surface area (Å²) >= 11 is 5.77. The van der Waals surface area contributed by atoms with E-state index in [9.17, 15) is 9.90 Å². The number of nitrogens with zero attached hydrogens (tertiary/aromatic N) is 2. The van der Waals surface area contributed by atoms with Crippen LogP contribution in [0.1, 0.15) is 24.2 Å². The van der Waals surface area contributed by atoms with Crippen LogP contribution in [0.15, 0.2) is 12.1 Å². The minimum Gasteiger partial charge on any atom is -0.478 e. The van der Waals surface area contributed by atoms with E-state index in [2.05, 4.69) is 4.98 Å². The largest absolute Gasteiger partial charge is 0.478 e. The molecule has 0 bridgehead atoms. The van der Waals surface area contributed by atoms with Crippen molar-refractivity contribution >= 4 is 23.4 Å². The van der Waals surface area contributed by atoms with Crippen LogP contribution in [0.5, 0.6) is 0 Å². The monoisotopic (exact) mass is 258 g/mol. The van der Waals surface area contributed by atoms with Gasteiger partial charge in [0.15, 0.2) is 0 Å². The second-order valence-corrected chi connectivity index (χ2v) is 4.73. The fourth-order valence-electron chi connectivity index (χ4n) is 1.24. The third kappa shape index (κ3) is 2.87. The molecule has 0 aliphatic heterocycles. The summed E-state index contributed by atoms with van der Waals surface area (Å²) < 4.78 is 0. The molecule has 94 valence electrons. The Morgan fingerprint density at radius 2 is 2.12 bits per heavy atom. The van der Waals surface area contributed by atoms with Crippen molar-refractivity contribution < 1.29 is 15.0 Å². The average molecular weight is 259 g/mol. The highest BCUT2D eigenvalue weighted by Gasteiger charge is 2.27. The number of aromatic carboxylic acids is 1. The molecular formula is C11H15ClN2O3. The predicted octanol–water partition coefficient (Wildman–Crippen LogP) is 1.64. The number of likely N-dealkylation sites (N-methyl/N-ethyl adjacent to an activating group) is 1. The summed E-state index contributed by atoms with van der Waals surface area (Å²) in [6.45, 7) is 3.43. The quantitative estimate of drug-likeness (QED) is 0.803. The molecule has 2 N–H and O–H groups in total. The van der Waals surface area contributed by atoms with Crippen molar-refractivity contribution in [2.45, 2.75) is 19.4 Å². The lowest BCUT2D eigenvalue weighted by atomic mass is 10.0. The van der Waals surface area contributed by atoms with Crippen molar-refractivity contribution in [3.05, 3.63) is 22.8 Å². The third-order valence-corrected chi connectivity index (χ3v) is 2.89. The first kappa shape index (κ1) is 13.7. The first-order valence-electron chi connectivity index (χ1n) is 5.04. The van der Waals surface area contributed by atoms with E-state index < -0.39 is 11.5 Å². The third-order valence-electron chi connectivity index (χ3n) is 2.68. The van der Waals surface area contributed by atoms with Crippen LogP contribution in [0.25, 0.3) is 0 Å². The molecule has 1 aromatic rings. The molecule has 0 spiro atoms. The number of hydrogen-bond donors (Lipinski definition) is 2. The van der Waals surface area contributed by atoms with Crippen molar-refractivity contribution in [2.75, 3.05) is 18.6 Å². The SMILES string of the molecule is CN(c1nc(Cl)ccc1C(=O)O)C(C)(C)CO. The van der Waals surface area contributed by atoms with E-state index in [0.29, 0.717) is 0 Å². The highest BCUT2D eigenvalue weighted by atomic mass is 35.5. The summed E-state index contributed by atoms with van der Waals surface area (Å²) in [6.07, 6.45) is 0. The number of pyridine rings is 1. The summed E-state index contributed by atoms with van der Waals surface area (Å²) in [6, 6.07) is 2.82. The maximum Gasteiger partial charge on any atom is 0.339 e. The first-order valence-corrected chi connectivity index (χ1v) is 5.42. The summed E-state index contributed by atoms with van der Waals surface area (Å²) in [4.78, 5) is 16.7. The summed E-state index contributed by atoms with van der Waals surface area (Å²) in [5, 5.41) is 18.6. The number of aliphatic hydroxyl groups excluding tert-OH is 1. The van der Waals surface area contributed by atoms with Crippen LogP contribution in [-0.2, 0) is 0 Å². The molecule has 17 heavy (non-hydrogen) atoms. The molecule has 0 fully saturated rings. The number of rotatable bonds is 4. The molecule has 1 heterocycles. The van der Waals surface area contributed by atoms with Gasteiger partial charge in [-0.25, -0.2) is 9.78 Å². The number of anilines is 1. The fourth-order valence-corrected chi connectivity index (χ4v) is 1.38. The number of hydrogen-bond acceptors (Lipinski definition) is 4. The highest BCUT2D eigenvalue weighted by Crippen LogP contribution is 2.25. The van der Waals surface area contributed by atoms with Crippen LogP contribution < -0.4 is 4.90 Å². The highest BCUT2D eigenvalue weighted by molar-refractivity contribution is 6.29. The Bertz CT molecular complexity index is 435. The van der Waals surface area contributed by atoms with Crippen LogP contribution in [0.4, 0.5) is 5.82 Å². The molecule has 0 aliphatic carbocycles. The van der Waals surface area contributed by atoms with Gasteiger partial charge in [0, 0.05) is 7.05 Å². The molecule has 0 atom stereocenters. The Balaban J connectivity index is 3.29. The van der Waals surface area contributed by atoms with Gasteiger partial charge in [-0.15, -0.1) is 0 Å². The van der Waals surface area contributed by atoms with Gasteiger partial charge in [-0.1, -0.05) is 11.6 Å². The van der Waals surface area contributed by atoms with E-state index in [-0.39, 0.29) is 23.1 Å². The minimum absolute atomic E-state index is 0.0541. The molecule has 6 heteroatoms. The Labute approximate surface area is 105 Å². The van der Waals surface area contributed by atoms with Gasteiger partial charge in [-0.05, 0) is 26.0 Å². The molecule has 0 amide bonds. The fraction of sp³-hybridized carbons (Fsp3) is 0.455. The van der Waals surface area contributed by atoms with Crippen molar-refractivity contribution in [1.82, 2.24) is 4.98 Å². The Kier molecular flexibility index (Phi) is 3.95. The van der Waals surface area contributed by atoms with Crippen LogP contribution in [0.3, 0.4) is 0 Å². The van der Waals surface area contributed by atoms with E-state index in [1.54, 1.807) is 25.8 Å². The first-order chi connectivity index (χ1) is 7.79. The van der Waals surface area contributed by atoms with Gasteiger partial charge >= 0.3 is 5.97 Å². The van der Waals surface area contributed by atoms with Crippen LogP contribution in [-0.4, -0.2) is 40.4 Å². The van der Waals surface area contributed by atoms with E-state index in [4.69, 9.17) is 16.7 Å². The van der Waals surface area contributed by atoms with Crippen molar-refractivity contribution in [3.63, 3.8) is 0 Å². The van der Waals surface area contributed by atoms with Gasteiger partial charge < -0.3 is 15.1 Å². The molecule has 5 nitrogen and oxygen atoms in total. The number of halogens is 1. The van der Waals surface area contributed by atoms with Crippen molar-refractivity contribution in [2.24, 2.45) is 0 Å². The maximum absolute atomic E-state index is 11.1. The number of aliphatic hydroxyl groups is 1. The van der Waals surface area contributed by atoms with Crippen LogP contribution in [0, 0.1) is 0 Å². The Morgan fingerprint density at radius 1 is 1.53 bits per heavy atom. The maximum atomic E-state index is 11.1. The van der Waals surface area contributed by atoms with Gasteiger partial charge in [0.1, 0.15) is 16.5 Å². The zero-order chi connectivity index (χ0) is 13.2. The lowest BCUT2D eigenvalue weighted by molar-refractivity contribution is 0.0696. The second-order valence-electron chi connectivity index (χ2n) is 4.34. The lowest BCUT2D eigenvalue weighted by Crippen LogP contribution is -2.45. The molecule has 0 radical (unpaired) electrons. The molecule has 0 saturated heterocycles. The molecule has 1 rings (SSSR count). The number of aromatic nitrogens is 1. The molecule has 0 aromatic carbocycles. The lowest BCUT2D eigenvalue weighted by Gasteiger charge is -2.35. The molecular weight excluding hydrogens is 244 g/mol. The molecule has 0 saturated carbocycles. The predicted molar refractivity (Wildman–Crippen MR) is 65.8 cm³/mol. The van der Waals surface area contributed by atoms with Gasteiger partial charge in [-0.3, -0.25) is 0 Å². The topological polar surface area (TPSA) is 73.7 Å². The second kappa shape index (κ2) is 4.89. The van der Waals surface area contributed by atoms with Crippen molar-refractivity contribution in [1.29, 1.82) is 0 Å². The zero-order valence-electron chi connectivity index (χ0n) is 9.94. The van der Waals surface area contributed by atoms with Crippen LogP contribution in [0.2, 0.25) is 5.15 Å². The Morgan fingerprint density at radius 3 is 2.59 bits per heavy atom. The summed E-state index contributed by atoms with van der Waals surface area (Å²) in [7, 11) is 1.67. The van der Waals surface area contributed by atoms with E-state index >= 15 is 0 Å². The van der Waals surface area contributed by atoms with Crippen molar-refractivity contribution in [3.8, 4) is 0 Å². The standard InChI is InChI=1S/C11H15ClN2O3/c1-11(2,6-15)14(3)9-7(10(16)17)4-5-8(12)13-9/h4-5,15H,6H2,1-3H3,(H,16,17). The van der Waals surface area contributed by atoms with E-state index in [1.165, 1.54) is 12.1 Å². The Hall–Kier alpha value is -1.33. The van der Waals surface area contributed by atoms with Gasteiger partial charge in [0.25, 0.3) is 0 Å². The molecule has 0 aliphatic rings. The average Bonchev–Trinajstić information content (AvgIpc) is 2.27. The number of carbonyl (C=O) groups is 1. The molecule has 0 unspecified atom stereocenters. The van der Waals surface area contributed by atoms with Gasteiger partial charge in [0.05, 0.1) is 12.1 Å². The van der Waals surface area contributed by atoms with E-state index in [1.807, 2.05) is 0 Å².